The Kier molecular flexibility index (Phi) is 3.54. The molecular formula is C16H18N2O2. The van der Waals surface area contributed by atoms with E-state index in [1.165, 1.54) is 6.42 Å². The van der Waals surface area contributed by atoms with Gasteiger partial charge in [0.1, 0.15) is 6.10 Å². The average molecular weight is 270 g/mol. The number of carbonyl (C=O) groups is 1. The van der Waals surface area contributed by atoms with Crippen molar-refractivity contribution in [2.24, 2.45) is 0 Å². The molecule has 1 heterocycles. The van der Waals surface area contributed by atoms with E-state index in [-0.39, 0.29) is 12.1 Å². The van der Waals surface area contributed by atoms with E-state index in [4.69, 9.17) is 10.5 Å². The fourth-order valence-corrected chi connectivity index (χ4v) is 2.70. The molecular weight excluding hydrogens is 252 g/mol. The van der Waals surface area contributed by atoms with E-state index in [0.29, 0.717) is 11.4 Å². The molecule has 1 aromatic carbocycles. The van der Waals surface area contributed by atoms with E-state index < -0.39 is 0 Å². The van der Waals surface area contributed by atoms with Crippen LogP contribution in [0.5, 0.6) is 0 Å². The summed E-state index contributed by atoms with van der Waals surface area (Å²) in [4.78, 5) is 16.5. The molecule has 3 rings (SSSR count). The van der Waals surface area contributed by atoms with Crippen LogP contribution in [-0.4, -0.2) is 17.1 Å². The first-order chi connectivity index (χ1) is 9.74. The molecule has 0 unspecified atom stereocenters. The standard InChI is InChI=1S/C16H18N2O2/c17-13-10-15(18-14-9-5-4-8-12(13)14)16(19)20-11-6-2-1-3-7-11/h4-5,8-11H,1-3,6-7H2,(H2,17,18). The summed E-state index contributed by atoms with van der Waals surface area (Å²) in [5.41, 5.74) is 7.56. The second kappa shape index (κ2) is 5.49. The first kappa shape index (κ1) is 12.9. The topological polar surface area (TPSA) is 65.2 Å². The maximum absolute atomic E-state index is 12.2. The molecule has 0 saturated heterocycles. The number of ether oxygens (including phenoxy) is 1. The lowest BCUT2D eigenvalue weighted by atomic mass is 9.98. The summed E-state index contributed by atoms with van der Waals surface area (Å²) in [6.45, 7) is 0. The van der Waals surface area contributed by atoms with Crippen molar-refractivity contribution in [3.05, 3.63) is 36.0 Å². The normalized spacial score (nSPS) is 16.2. The first-order valence-corrected chi connectivity index (χ1v) is 7.10. The molecule has 2 aromatic rings. The van der Waals surface area contributed by atoms with Gasteiger partial charge in [0.2, 0.25) is 0 Å². The van der Waals surface area contributed by atoms with Crippen LogP contribution >= 0.6 is 0 Å². The monoisotopic (exact) mass is 270 g/mol. The zero-order valence-electron chi connectivity index (χ0n) is 11.3. The highest BCUT2D eigenvalue weighted by Crippen LogP contribution is 2.23. The van der Waals surface area contributed by atoms with Crippen molar-refractivity contribution in [2.75, 3.05) is 5.73 Å². The van der Waals surface area contributed by atoms with Gasteiger partial charge in [-0.2, -0.15) is 0 Å². The number of nitrogens with two attached hydrogens (primary N) is 1. The number of hydrogen-bond acceptors (Lipinski definition) is 4. The molecule has 0 amide bonds. The molecule has 2 N–H and O–H groups in total. The second-order valence-corrected chi connectivity index (χ2v) is 5.28. The van der Waals surface area contributed by atoms with E-state index in [0.717, 1.165) is 36.6 Å². The number of para-hydroxylation sites is 1. The van der Waals surface area contributed by atoms with Crippen molar-refractivity contribution >= 4 is 22.6 Å². The summed E-state index contributed by atoms with van der Waals surface area (Å²) >= 11 is 0. The Morgan fingerprint density at radius 1 is 1.20 bits per heavy atom. The van der Waals surface area contributed by atoms with Crippen molar-refractivity contribution in [3.8, 4) is 0 Å². The molecule has 1 aliphatic rings. The summed E-state index contributed by atoms with van der Waals surface area (Å²) in [6.07, 6.45) is 5.43. The summed E-state index contributed by atoms with van der Waals surface area (Å²) in [5.74, 6) is -0.366. The van der Waals surface area contributed by atoms with Gasteiger partial charge in [-0.05, 0) is 37.8 Å². The van der Waals surface area contributed by atoms with Gasteiger partial charge in [-0.3, -0.25) is 0 Å². The van der Waals surface area contributed by atoms with Crippen LogP contribution in [0.1, 0.15) is 42.6 Å². The van der Waals surface area contributed by atoms with Crippen molar-refractivity contribution in [2.45, 2.75) is 38.2 Å². The van der Waals surface area contributed by atoms with Gasteiger partial charge < -0.3 is 10.5 Å². The quantitative estimate of drug-likeness (QED) is 0.850. The third-order valence-corrected chi connectivity index (χ3v) is 3.78. The number of carbonyl (C=O) groups excluding carboxylic acids is 1. The minimum Gasteiger partial charge on any atom is -0.458 e. The fraction of sp³-hybridized carbons (Fsp3) is 0.375. The minimum absolute atomic E-state index is 0.0331. The average Bonchev–Trinajstić information content (AvgIpc) is 2.48. The Labute approximate surface area is 117 Å². The molecule has 0 atom stereocenters. The van der Waals surface area contributed by atoms with Crippen LogP contribution in [0, 0.1) is 0 Å². The van der Waals surface area contributed by atoms with Gasteiger partial charge >= 0.3 is 5.97 Å². The van der Waals surface area contributed by atoms with Crippen molar-refractivity contribution in [3.63, 3.8) is 0 Å². The van der Waals surface area contributed by atoms with Crippen LogP contribution in [0.15, 0.2) is 30.3 Å². The number of aromatic nitrogens is 1. The number of rotatable bonds is 2. The molecule has 4 heteroatoms. The lowest BCUT2D eigenvalue weighted by Crippen LogP contribution is -2.21. The molecule has 20 heavy (non-hydrogen) atoms. The van der Waals surface area contributed by atoms with Crippen LogP contribution in [-0.2, 0) is 4.74 Å². The van der Waals surface area contributed by atoms with Gasteiger partial charge in [0.05, 0.1) is 5.52 Å². The number of nitrogens with zero attached hydrogens (tertiary/aromatic N) is 1. The highest BCUT2D eigenvalue weighted by atomic mass is 16.5. The Bertz CT molecular complexity index is 633. The van der Waals surface area contributed by atoms with Gasteiger partial charge in [-0.15, -0.1) is 0 Å². The highest BCUT2D eigenvalue weighted by molar-refractivity contribution is 5.96. The van der Waals surface area contributed by atoms with Crippen molar-refractivity contribution < 1.29 is 9.53 Å². The number of pyridine rings is 1. The highest BCUT2D eigenvalue weighted by Gasteiger charge is 2.20. The molecule has 104 valence electrons. The maximum atomic E-state index is 12.2. The first-order valence-electron chi connectivity index (χ1n) is 7.10. The summed E-state index contributed by atoms with van der Waals surface area (Å²) in [6, 6.07) is 9.13. The van der Waals surface area contributed by atoms with Gasteiger partial charge in [0, 0.05) is 11.1 Å². The van der Waals surface area contributed by atoms with Crippen LogP contribution in [0.4, 0.5) is 5.69 Å². The van der Waals surface area contributed by atoms with E-state index in [9.17, 15) is 4.79 Å². The van der Waals surface area contributed by atoms with Crippen LogP contribution in [0.25, 0.3) is 10.9 Å². The molecule has 0 spiro atoms. The zero-order chi connectivity index (χ0) is 13.9. The largest absolute Gasteiger partial charge is 0.458 e. The molecule has 0 bridgehead atoms. The Morgan fingerprint density at radius 2 is 1.95 bits per heavy atom. The van der Waals surface area contributed by atoms with Crippen LogP contribution in [0.2, 0.25) is 0 Å². The Morgan fingerprint density at radius 3 is 2.75 bits per heavy atom. The Balaban J connectivity index is 1.84. The fourth-order valence-electron chi connectivity index (χ4n) is 2.70. The molecule has 1 aromatic heterocycles. The zero-order valence-corrected chi connectivity index (χ0v) is 11.3. The van der Waals surface area contributed by atoms with E-state index >= 15 is 0 Å². The van der Waals surface area contributed by atoms with Crippen molar-refractivity contribution in [1.29, 1.82) is 0 Å². The van der Waals surface area contributed by atoms with Gasteiger partial charge in [-0.25, -0.2) is 9.78 Å². The maximum Gasteiger partial charge on any atom is 0.357 e. The lowest BCUT2D eigenvalue weighted by Gasteiger charge is -2.21. The summed E-state index contributed by atoms with van der Waals surface area (Å²) in [7, 11) is 0. The van der Waals surface area contributed by atoms with Crippen LogP contribution < -0.4 is 5.73 Å². The second-order valence-electron chi connectivity index (χ2n) is 5.28. The number of benzene rings is 1. The molecule has 0 aliphatic heterocycles. The number of esters is 1. The number of fused-ring (bicyclic) bond motifs is 1. The molecule has 0 radical (unpaired) electrons. The van der Waals surface area contributed by atoms with Gasteiger partial charge in [0.15, 0.2) is 5.69 Å². The smallest absolute Gasteiger partial charge is 0.357 e. The summed E-state index contributed by atoms with van der Waals surface area (Å²) in [5, 5.41) is 0.863. The number of hydrogen-bond donors (Lipinski definition) is 1. The molecule has 1 aliphatic carbocycles. The van der Waals surface area contributed by atoms with Gasteiger partial charge in [-0.1, -0.05) is 24.6 Å². The lowest BCUT2D eigenvalue weighted by molar-refractivity contribution is 0.0205. The third kappa shape index (κ3) is 2.59. The summed E-state index contributed by atoms with van der Waals surface area (Å²) < 4.78 is 5.52. The molecule has 4 nitrogen and oxygen atoms in total. The third-order valence-electron chi connectivity index (χ3n) is 3.78. The van der Waals surface area contributed by atoms with E-state index in [2.05, 4.69) is 4.98 Å². The number of nitrogen functional groups attached to an aromatic ring is 1. The van der Waals surface area contributed by atoms with Gasteiger partial charge in [0.25, 0.3) is 0 Å². The van der Waals surface area contributed by atoms with E-state index in [1.807, 2.05) is 24.3 Å². The van der Waals surface area contributed by atoms with Crippen molar-refractivity contribution in [1.82, 2.24) is 4.98 Å². The predicted octanol–water partition coefficient (Wildman–Crippen LogP) is 3.31. The van der Waals surface area contributed by atoms with E-state index in [1.54, 1.807) is 6.07 Å². The molecule has 1 fully saturated rings. The predicted molar refractivity (Wildman–Crippen MR) is 78.4 cm³/mol. The number of anilines is 1. The van der Waals surface area contributed by atoms with Crippen LogP contribution in [0.3, 0.4) is 0 Å². The molecule has 1 saturated carbocycles. The Hall–Kier alpha value is -2.10. The minimum atomic E-state index is -0.366. The SMILES string of the molecule is Nc1cc(C(=O)OC2CCCCC2)nc2ccccc12.